The van der Waals surface area contributed by atoms with Gasteiger partial charge in [-0.05, 0) is 17.7 Å². The molecule has 0 amide bonds. The summed E-state index contributed by atoms with van der Waals surface area (Å²) in [7, 11) is -3.35. The maximum Gasteiger partial charge on any atom is 0.218 e. The van der Waals surface area contributed by atoms with E-state index >= 15 is 0 Å². The van der Waals surface area contributed by atoms with Crippen LogP contribution in [0.1, 0.15) is 5.56 Å². The Bertz CT molecular complexity index is 530. The van der Waals surface area contributed by atoms with Crippen molar-refractivity contribution in [1.82, 2.24) is 9.62 Å². The molecule has 7 heteroatoms. The molecule has 2 rings (SSSR count). The lowest BCUT2D eigenvalue weighted by Crippen LogP contribution is -2.46. The lowest BCUT2D eigenvalue weighted by Gasteiger charge is -2.26. The molecule has 0 bridgehead atoms. The third kappa shape index (κ3) is 3.20. The van der Waals surface area contributed by atoms with Crippen molar-refractivity contribution in [2.24, 2.45) is 0 Å². The van der Waals surface area contributed by atoms with E-state index in [2.05, 4.69) is 5.32 Å². The zero-order valence-electron chi connectivity index (χ0n) is 9.70. The lowest BCUT2D eigenvalue weighted by molar-refractivity contribution is 0.360. The molecule has 1 N–H and O–H groups in total. The van der Waals surface area contributed by atoms with Gasteiger partial charge in [0.1, 0.15) is 5.82 Å². The van der Waals surface area contributed by atoms with E-state index < -0.39 is 15.8 Å². The van der Waals surface area contributed by atoms with Gasteiger partial charge in [-0.1, -0.05) is 17.7 Å². The van der Waals surface area contributed by atoms with Crippen LogP contribution in [-0.2, 0) is 15.8 Å². The third-order valence-electron chi connectivity index (χ3n) is 2.80. The van der Waals surface area contributed by atoms with Gasteiger partial charge in [0.15, 0.2) is 0 Å². The molecule has 4 nitrogen and oxygen atoms in total. The molecule has 0 atom stereocenters. The zero-order valence-corrected chi connectivity index (χ0v) is 11.3. The van der Waals surface area contributed by atoms with Gasteiger partial charge in [0.2, 0.25) is 10.0 Å². The van der Waals surface area contributed by atoms with Crippen LogP contribution in [0.15, 0.2) is 18.2 Å². The van der Waals surface area contributed by atoms with Gasteiger partial charge in [0.25, 0.3) is 0 Å². The molecule has 1 aliphatic rings. The van der Waals surface area contributed by atoms with Crippen molar-refractivity contribution >= 4 is 21.6 Å². The van der Waals surface area contributed by atoms with E-state index in [1.54, 1.807) is 0 Å². The van der Waals surface area contributed by atoms with E-state index in [1.807, 2.05) is 0 Å². The molecule has 1 aromatic rings. The van der Waals surface area contributed by atoms with Gasteiger partial charge in [-0.15, -0.1) is 0 Å². The molecule has 0 aromatic heterocycles. The van der Waals surface area contributed by atoms with Gasteiger partial charge in [0, 0.05) is 26.2 Å². The summed E-state index contributed by atoms with van der Waals surface area (Å²) in [5.41, 5.74) is 0.500. The minimum Gasteiger partial charge on any atom is -0.314 e. The molecule has 0 aliphatic carbocycles. The van der Waals surface area contributed by atoms with Crippen LogP contribution in [-0.4, -0.2) is 38.9 Å². The first-order chi connectivity index (χ1) is 8.49. The average molecular weight is 293 g/mol. The van der Waals surface area contributed by atoms with Gasteiger partial charge < -0.3 is 5.32 Å². The Balaban J connectivity index is 2.13. The molecule has 0 radical (unpaired) electrons. The van der Waals surface area contributed by atoms with Crippen molar-refractivity contribution in [2.45, 2.75) is 5.75 Å². The molecule has 1 aromatic carbocycles. The molecule has 100 valence electrons. The molecule has 1 aliphatic heterocycles. The van der Waals surface area contributed by atoms with Crippen molar-refractivity contribution in [3.8, 4) is 0 Å². The number of nitrogens with zero attached hydrogens (tertiary/aromatic N) is 1. The number of rotatable bonds is 3. The molecule has 1 heterocycles. The summed E-state index contributed by atoms with van der Waals surface area (Å²) in [5, 5.41) is 3.04. The van der Waals surface area contributed by atoms with E-state index in [0.717, 1.165) is 0 Å². The quantitative estimate of drug-likeness (QED) is 0.911. The standard InChI is InChI=1S/C11H14ClFN2O2S/c12-10-7-9(1-2-11(10)13)8-18(16,17)15-5-3-14-4-6-15/h1-2,7,14H,3-6,8H2. The Morgan fingerprint density at radius 1 is 1.33 bits per heavy atom. The van der Waals surface area contributed by atoms with Crippen LogP contribution in [0.4, 0.5) is 4.39 Å². The van der Waals surface area contributed by atoms with E-state index in [9.17, 15) is 12.8 Å². The highest BCUT2D eigenvalue weighted by Gasteiger charge is 2.24. The highest BCUT2D eigenvalue weighted by Crippen LogP contribution is 2.19. The molecular weight excluding hydrogens is 279 g/mol. The van der Waals surface area contributed by atoms with Gasteiger partial charge in [-0.25, -0.2) is 12.8 Å². The summed E-state index contributed by atoms with van der Waals surface area (Å²) in [6.45, 7) is 2.25. The predicted molar refractivity (Wildman–Crippen MR) is 68.5 cm³/mol. The first kappa shape index (κ1) is 13.7. The first-order valence-corrected chi connectivity index (χ1v) is 7.60. The number of sulfonamides is 1. The molecule has 1 fully saturated rings. The second-order valence-electron chi connectivity index (χ2n) is 4.15. The molecule has 0 saturated carbocycles. The summed E-state index contributed by atoms with van der Waals surface area (Å²) in [6.07, 6.45) is 0. The highest BCUT2D eigenvalue weighted by molar-refractivity contribution is 7.88. The number of hydrogen-bond acceptors (Lipinski definition) is 3. The maximum atomic E-state index is 13.0. The summed E-state index contributed by atoms with van der Waals surface area (Å²) in [4.78, 5) is 0. The summed E-state index contributed by atoms with van der Waals surface area (Å²) >= 11 is 5.64. The Hall–Kier alpha value is -0.690. The van der Waals surface area contributed by atoms with Gasteiger partial charge in [-0.2, -0.15) is 4.31 Å². The van der Waals surface area contributed by atoms with Crippen LogP contribution in [0.3, 0.4) is 0 Å². The Morgan fingerprint density at radius 2 is 2.00 bits per heavy atom. The molecule has 18 heavy (non-hydrogen) atoms. The normalized spacial score (nSPS) is 17.9. The molecule has 0 unspecified atom stereocenters. The summed E-state index contributed by atoms with van der Waals surface area (Å²) in [6, 6.07) is 3.99. The van der Waals surface area contributed by atoms with Crippen molar-refractivity contribution in [3.05, 3.63) is 34.6 Å². The van der Waals surface area contributed by atoms with Crippen molar-refractivity contribution in [1.29, 1.82) is 0 Å². The van der Waals surface area contributed by atoms with E-state index in [-0.39, 0.29) is 10.8 Å². The van der Waals surface area contributed by atoms with Crippen LogP contribution in [0, 0.1) is 5.82 Å². The molecular formula is C11H14ClFN2O2S. The fraction of sp³-hybridized carbons (Fsp3) is 0.455. The fourth-order valence-electron chi connectivity index (χ4n) is 1.85. The van der Waals surface area contributed by atoms with Crippen molar-refractivity contribution in [3.63, 3.8) is 0 Å². The third-order valence-corrected chi connectivity index (χ3v) is 4.94. The smallest absolute Gasteiger partial charge is 0.218 e. The first-order valence-electron chi connectivity index (χ1n) is 5.61. The Kier molecular flexibility index (Phi) is 4.21. The Morgan fingerprint density at radius 3 is 2.61 bits per heavy atom. The second kappa shape index (κ2) is 5.52. The highest BCUT2D eigenvalue weighted by atomic mass is 35.5. The van der Waals surface area contributed by atoms with Crippen LogP contribution >= 0.6 is 11.6 Å². The lowest BCUT2D eigenvalue weighted by atomic mass is 10.2. The number of hydrogen-bond donors (Lipinski definition) is 1. The molecule has 1 saturated heterocycles. The maximum absolute atomic E-state index is 13.0. The van der Waals surface area contributed by atoms with Crippen LogP contribution in [0.5, 0.6) is 0 Å². The minimum absolute atomic E-state index is 0.0528. The average Bonchev–Trinajstić information content (AvgIpc) is 2.35. The van der Waals surface area contributed by atoms with Crippen LogP contribution in [0.25, 0.3) is 0 Å². The van der Waals surface area contributed by atoms with Crippen molar-refractivity contribution in [2.75, 3.05) is 26.2 Å². The van der Waals surface area contributed by atoms with Gasteiger partial charge in [-0.3, -0.25) is 0 Å². The van der Waals surface area contributed by atoms with Crippen LogP contribution < -0.4 is 5.32 Å². The minimum atomic E-state index is -3.35. The monoisotopic (exact) mass is 292 g/mol. The number of nitrogens with one attached hydrogen (secondary N) is 1. The van der Waals surface area contributed by atoms with E-state index in [4.69, 9.17) is 11.6 Å². The second-order valence-corrected chi connectivity index (χ2v) is 6.53. The van der Waals surface area contributed by atoms with Crippen molar-refractivity contribution < 1.29 is 12.8 Å². The fourth-order valence-corrected chi connectivity index (χ4v) is 3.58. The van der Waals surface area contributed by atoms with E-state index in [0.29, 0.717) is 31.7 Å². The number of benzene rings is 1. The SMILES string of the molecule is O=S(=O)(Cc1ccc(F)c(Cl)c1)N1CCNCC1. The van der Waals surface area contributed by atoms with Crippen LogP contribution in [0.2, 0.25) is 5.02 Å². The topological polar surface area (TPSA) is 49.4 Å². The Labute approximate surface area is 111 Å². The molecule has 0 spiro atoms. The number of piperazine rings is 1. The predicted octanol–water partition coefficient (Wildman–Crippen LogP) is 1.21. The zero-order chi connectivity index (χ0) is 13.2. The number of halogens is 2. The largest absolute Gasteiger partial charge is 0.314 e. The summed E-state index contributed by atoms with van der Waals surface area (Å²) < 4.78 is 38.7. The van der Waals surface area contributed by atoms with E-state index in [1.165, 1.54) is 22.5 Å². The summed E-state index contributed by atoms with van der Waals surface area (Å²) in [5.74, 6) is -0.688. The van der Waals surface area contributed by atoms with Gasteiger partial charge in [0.05, 0.1) is 10.8 Å². The van der Waals surface area contributed by atoms with Gasteiger partial charge >= 0.3 is 0 Å².